The number of esters is 1. The molecule has 106 valence electrons. The number of carbonyl (C=O) groups excluding carboxylic acids is 1. The van der Waals surface area contributed by atoms with Gasteiger partial charge in [0.25, 0.3) is 0 Å². The summed E-state index contributed by atoms with van der Waals surface area (Å²) in [5.41, 5.74) is 7.50. The first kappa shape index (κ1) is 16.3. The van der Waals surface area contributed by atoms with E-state index in [1.54, 1.807) is 6.07 Å². The SMILES string of the molecule is COC(=O)c1cc(Br)cc(N2CCC(N)CC2)c1.Cl. The maximum atomic E-state index is 11.6. The Labute approximate surface area is 127 Å². The number of methoxy groups -OCH3 is 1. The second-order valence-corrected chi connectivity index (χ2v) is 5.43. The van der Waals surface area contributed by atoms with Crippen molar-refractivity contribution < 1.29 is 9.53 Å². The van der Waals surface area contributed by atoms with Gasteiger partial charge in [-0.1, -0.05) is 15.9 Å². The molecule has 19 heavy (non-hydrogen) atoms. The van der Waals surface area contributed by atoms with E-state index in [0.717, 1.165) is 36.1 Å². The standard InChI is InChI=1S/C13H17BrN2O2.ClH/c1-18-13(17)9-6-10(14)8-12(7-9)16-4-2-11(15)3-5-16;/h6-8,11H,2-5,15H2,1H3;1H. The molecule has 0 spiro atoms. The summed E-state index contributed by atoms with van der Waals surface area (Å²) >= 11 is 3.43. The average molecular weight is 350 g/mol. The van der Waals surface area contributed by atoms with E-state index in [4.69, 9.17) is 10.5 Å². The predicted octanol–water partition coefficient (Wildman–Crippen LogP) is 2.59. The topological polar surface area (TPSA) is 55.6 Å². The van der Waals surface area contributed by atoms with Crippen LogP contribution in [0.25, 0.3) is 0 Å². The fourth-order valence-corrected chi connectivity index (χ4v) is 2.63. The van der Waals surface area contributed by atoms with Crippen molar-refractivity contribution in [2.75, 3.05) is 25.1 Å². The van der Waals surface area contributed by atoms with Crippen LogP contribution in [0.15, 0.2) is 22.7 Å². The number of piperidine rings is 1. The predicted molar refractivity (Wildman–Crippen MR) is 82.2 cm³/mol. The zero-order valence-corrected chi connectivity index (χ0v) is 13.2. The third kappa shape index (κ3) is 4.09. The Kier molecular flexibility index (Phi) is 6.10. The average Bonchev–Trinajstić information content (AvgIpc) is 2.38. The maximum Gasteiger partial charge on any atom is 0.337 e. The number of halogens is 2. The van der Waals surface area contributed by atoms with Gasteiger partial charge >= 0.3 is 5.97 Å². The molecule has 1 aliphatic rings. The molecule has 6 heteroatoms. The van der Waals surface area contributed by atoms with Crippen LogP contribution >= 0.6 is 28.3 Å². The van der Waals surface area contributed by atoms with E-state index in [1.807, 2.05) is 12.1 Å². The molecule has 0 bridgehead atoms. The third-order valence-corrected chi connectivity index (χ3v) is 3.67. The monoisotopic (exact) mass is 348 g/mol. The second kappa shape index (κ2) is 7.12. The molecular formula is C13H18BrClN2O2. The lowest BCUT2D eigenvalue weighted by Crippen LogP contribution is -2.39. The highest BCUT2D eigenvalue weighted by atomic mass is 79.9. The van der Waals surface area contributed by atoms with Crippen LogP contribution in [0.4, 0.5) is 5.69 Å². The summed E-state index contributed by atoms with van der Waals surface area (Å²) in [6.07, 6.45) is 1.97. The van der Waals surface area contributed by atoms with Crippen LogP contribution in [0.3, 0.4) is 0 Å². The largest absolute Gasteiger partial charge is 0.465 e. The third-order valence-electron chi connectivity index (χ3n) is 3.21. The first-order valence-electron chi connectivity index (χ1n) is 5.99. The summed E-state index contributed by atoms with van der Waals surface area (Å²) in [7, 11) is 1.39. The molecule has 0 atom stereocenters. The molecule has 0 aromatic heterocycles. The minimum atomic E-state index is -0.314. The van der Waals surface area contributed by atoms with Gasteiger partial charge in [0.15, 0.2) is 0 Å². The number of rotatable bonds is 2. The van der Waals surface area contributed by atoms with Crippen molar-refractivity contribution in [1.29, 1.82) is 0 Å². The number of carbonyl (C=O) groups is 1. The van der Waals surface area contributed by atoms with Gasteiger partial charge in [-0.3, -0.25) is 0 Å². The summed E-state index contributed by atoms with van der Waals surface area (Å²) in [6, 6.07) is 5.95. The van der Waals surface area contributed by atoms with E-state index in [-0.39, 0.29) is 18.4 Å². The molecule has 0 amide bonds. The number of anilines is 1. The van der Waals surface area contributed by atoms with E-state index in [9.17, 15) is 4.79 Å². The van der Waals surface area contributed by atoms with Crippen molar-refractivity contribution in [1.82, 2.24) is 0 Å². The van der Waals surface area contributed by atoms with Gasteiger partial charge in [-0.25, -0.2) is 4.79 Å². The molecule has 2 rings (SSSR count). The van der Waals surface area contributed by atoms with E-state index in [0.29, 0.717) is 11.6 Å². The Morgan fingerprint density at radius 1 is 1.37 bits per heavy atom. The lowest BCUT2D eigenvalue weighted by molar-refractivity contribution is 0.0600. The van der Waals surface area contributed by atoms with Crippen LogP contribution in [0.5, 0.6) is 0 Å². The number of hydrogen-bond acceptors (Lipinski definition) is 4. The van der Waals surface area contributed by atoms with E-state index < -0.39 is 0 Å². The van der Waals surface area contributed by atoms with E-state index in [1.165, 1.54) is 7.11 Å². The Morgan fingerprint density at radius 3 is 2.58 bits per heavy atom. The minimum Gasteiger partial charge on any atom is -0.465 e. The molecule has 2 N–H and O–H groups in total. The minimum absolute atomic E-state index is 0. The van der Waals surface area contributed by atoms with Crippen LogP contribution in [0.1, 0.15) is 23.2 Å². The van der Waals surface area contributed by atoms with Gasteiger partial charge in [0.2, 0.25) is 0 Å². The first-order valence-corrected chi connectivity index (χ1v) is 6.79. The van der Waals surface area contributed by atoms with Crippen molar-refractivity contribution in [3.05, 3.63) is 28.2 Å². The molecule has 1 heterocycles. The second-order valence-electron chi connectivity index (χ2n) is 4.51. The summed E-state index contributed by atoms with van der Waals surface area (Å²) in [5.74, 6) is -0.314. The molecule has 1 aromatic rings. The van der Waals surface area contributed by atoms with Crippen LogP contribution in [-0.2, 0) is 4.74 Å². The Hall–Kier alpha value is -0.780. The number of ether oxygens (including phenoxy) is 1. The molecule has 0 saturated carbocycles. The number of nitrogens with two attached hydrogens (primary N) is 1. The lowest BCUT2D eigenvalue weighted by Gasteiger charge is -2.32. The molecule has 0 radical (unpaired) electrons. The van der Waals surface area contributed by atoms with E-state index in [2.05, 4.69) is 20.8 Å². The van der Waals surface area contributed by atoms with Gasteiger partial charge in [0, 0.05) is 29.3 Å². The zero-order chi connectivity index (χ0) is 13.1. The summed E-state index contributed by atoms with van der Waals surface area (Å²) < 4.78 is 5.64. The molecule has 1 fully saturated rings. The number of benzene rings is 1. The molecule has 0 unspecified atom stereocenters. The van der Waals surface area contributed by atoms with Crippen molar-refractivity contribution in [3.63, 3.8) is 0 Å². The maximum absolute atomic E-state index is 11.6. The lowest BCUT2D eigenvalue weighted by atomic mass is 10.0. The van der Waals surface area contributed by atoms with Crippen LogP contribution in [0.2, 0.25) is 0 Å². The van der Waals surface area contributed by atoms with E-state index >= 15 is 0 Å². The molecule has 1 aliphatic heterocycles. The first-order chi connectivity index (χ1) is 8.60. The molecule has 0 aliphatic carbocycles. The van der Waals surface area contributed by atoms with Gasteiger partial charge in [-0.2, -0.15) is 0 Å². The van der Waals surface area contributed by atoms with Crippen LogP contribution in [-0.4, -0.2) is 32.2 Å². The normalized spacial score (nSPS) is 15.8. The highest BCUT2D eigenvalue weighted by Crippen LogP contribution is 2.25. The molecule has 1 saturated heterocycles. The van der Waals surface area contributed by atoms with Gasteiger partial charge in [0.05, 0.1) is 12.7 Å². The van der Waals surface area contributed by atoms with Gasteiger partial charge < -0.3 is 15.4 Å². The van der Waals surface area contributed by atoms with Crippen molar-refractivity contribution >= 4 is 40.0 Å². The Bertz CT molecular complexity index is 448. The highest BCUT2D eigenvalue weighted by molar-refractivity contribution is 9.10. The fraction of sp³-hybridized carbons (Fsp3) is 0.462. The van der Waals surface area contributed by atoms with Crippen molar-refractivity contribution in [2.45, 2.75) is 18.9 Å². The fourth-order valence-electron chi connectivity index (χ4n) is 2.15. The van der Waals surface area contributed by atoms with Gasteiger partial charge in [-0.15, -0.1) is 12.4 Å². The summed E-state index contributed by atoms with van der Waals surface area (Å²) in [5, 5.41) is 0. The quantitative estimate of drug-likeness (QED) is 0.834. The Morgan fingerprint density at radius 2 is 2.00 bits per heavy atom. The highest BCUT2D eigenvalue weighted by Gasteiger charge is 2.18. The van der Waals surface area contributed by atoms with Crippen LogP contribution in [0, 0.1) is 0 Å². The van der Waals surface area contributed by atoms with Crippen LogP contribution < -0.4 is 10.6 Å². The van der Waals surface area contributed by atoms with Gasteiger partial charge in [-0.05, 0) is 31.0 Å². The summed E-state index contributed by atoms with van der Waals surface area (Å²) in [6.45, 7) is 1.86. The molecule has 4 nitrogen and oxygen atoms in total. The molecular weight excluding hydrogens is 332 g/mol. The van der Waals surface area contributed by atoms with Crippen molar-refractivity contribution in [3.8, 4) is 0 Å². The number of nitrogens with zero attached hydrogens (tertiary/aromatic N) is 1. The number of hydrogen-bond donors (Lipinski definition) is 1. The van der Waals surface area contributed by atoms with Crippen molar-refractivity contribution in [2.24, 2.45) is 5.73 Å². The summed E-state index contributed by atoms with van der Waals surface area (Å²) in [4.78, 5) is 13.8. The van der Waals surface area contributed by atoms with Gasteiger partial charge in [0.1, 0.15) is 0 Å². The molecule has 1 aromatic carbocycles. The smallest absolute Gasteiger partial charge is 0.337 e. The Balaban J connectivity index is 0.00000180. The zero-order valence-electron chi connectivity index (χ0n) is 10.8.